The lowest BCUT2D eigenvalue weighted by Crippen LogP contribution is -2.44. The van der Waals surface area contributed by atoms with Crippen LogP contribution in [0.15, 0.2) is 47.0 Å². The molecule has 0 aliphatic carbocycles. The third-order valence-corrected chi connectivity index (χ3v) is 6.33. The normalized spacial score (nSPS) is 18.3. The molecule has 2 heterocycles. The topological polar surface area (TPSA) is 128 Å². The molecule has 1 saturated heterocycles. The number of nitrogens with zero attached hydrogens (tertiary/aromatic N) is 3. The zero-order valence-electron chi connectivity index (χ0n) is 20.1. The number of carbonyl (C=O) groups excluding carboxylic acids is 3. The van der Waals surface area contributed by atoms with Gasteiger partial charge >= 0.3 is 6.18 Å². The predicted molar refractivity (Wildman–Crippen MR) is 131 cm³/mol. The van der Waals surface area contributed by atoms with Crippen LogP contribution in [0.25, 0.3) is 11.1 Å². The van der Waals surface area contributed by atoms with Crippen LogP contribution < -0.4 is 16.0 Å². The number of piperazine rings is 1. The first-order chi connectivity index (χ1) is 17.8. The molecule has 4 N–H and O–H groups in total. The quantitative estimate of drug-likeness (QED) is 0.507. The van der Waals surface area contributed by atoms with Crippen LogP contribution in [0, 0.1) is 11.7 Å². The average Bonchev–Trinajstić information content (AvgIpc) is 2.84. The van der Waals surface area contributed by atoms with E-state index in [1.807, 2.05) is 11.9 Å². The van der Waals surface area contributed by atoms with Gasteiger partial charge in [-0.25, -0.2) is 9.38 Å². The second kappa shape index (κ2) is 10.2. The van der Waals surface area contributed by atoms with Gasteiger partial charge in [0.2, 0.25) is 5.91 Å². The molecule has 1 fully saturated rings. The molecule has 2 aromatic rings. The van der Waals surface area contributed by atoms with E-state index in [0.717, 1.165) is 12.1 Å². The van der Waals surface area contributed by atoms with Crippen LogP contribution >= 0.6 is 0 Å². The average molecular weight is 533 g/mol. The number of aromatic hydroxyl groups is 1. The first-order valence-electron chi connectivity index (χ1n) is 11.4. The Morgan fingerprint density at radius 1 is 1.13 bits per heavy atom. The minimum absolute atomic E-state index is 0.0805. The Balaban J connectivity index is 1.76. The van der Waals surface area contributed by atoms with E-state index in [1.165, 1.54) is 12.1 Å². The van der Waals surface area contributed by atoms with E-state index in [4.69, 9.17) is 5.73 Å². The summed E-state index contributed by atoms with van der Waals surface area (Å²) in [6.07, 6.45) is -4.04. The summed E-state index contributed by atoms with van der Waals surface area (Å²) in [7, 11) is 1.93. The van der Waals surface area contributed by atoms with Crippen molar-refractivity contribution in [1.29, 1.82) is 0 Å². The number of benzene rings is 2. The maximum atomic E-state index is 14.8. The molecule has 0 bridgehead atoms. The van der Waals surface area contributed by atoms with E-state index in [9.17, 15) is 37.1 Å². The number of carbonyl (C=O) groups is 3. The maximum Gasteiger partial charge on any atom is 0.414 e. The van der Waals surface area contributed by atoms with Gasteiger partial charge in [0, 0.05) is 50.1 Å². The number of alkyl halides is 3. The molecule has 2 aliphatic heterocycles. The summed E-state index contributed by atoms with van der Waals surface area (Å²) in [6, 6.07) is 6.22. The summed E-state index contributed by atoms with van der Waals surface area (Å²) in [6.45, 7) is 2.46. The lowest BCUT2D eigenvalue weighted by Gasteiger charge is -2.35. The van der Waals surface area contributed by atoms with Crippen molar-refractivity contribution in [2.75, 3.05) is 43.4 Å². The molecule has 1 unspecified atom stereocenters. The maximum absolute atomic E-state index is 14.8. The van der Waals surface area contributed by atoms with Gasteiger partial charge in [-0.05, 0) is 30.8 Å². The molecule has 9 nitrogen and oxygen atoms in total. The zero-order chi connectivity index (χ0) is 27.8. The fourth-order valence-corrected chi connectivity index (χ4v) is 4.27. The van der Waals surface area contributed by atoms with Crippen LogP contribution in [-0.2, 0) is 9.59 Å². The molecule has 0 aromatic heterocycles. The highest BCUT2D eigenvalue weighted by Gasteiger charge is 2.43. The van der Waals surface area contributed by atoms with Crippen LogP contribution in [0.2, 0.25) is 0 Å². The molecule has 13 heteroatoms. The summed E-state index contributed by atoms with van der Waals surface area (Å²) in [5.41, 5.74) is 4.16. The van der Waals surface area contributed by atoms with Crippen molar-refractivity contribution in [3.8, 4) is 16.9 Å². The highest BCUT2D eigenvalue weighted by molar-refractivity contribution is 6.11. The molecule has 0 radical (unpaired) electrons. The number of likely N-dealkylation sites (N-methyl/N-ethyl adjacent to an activating group) is 1. The Kier molecular flexibility index (Phi) is 7.22. The van der Waals surface area contributed by atoms with E-state index in [-0.39, 0.29) is 28.5 Å². The van der Waals surface area contributed by atoms with Gasteiger partial charge in [-0.15, -0.1) is 0 Å². The summed E-state index contributed by atoms with van der Waals surface area (Å²) in [5.74, 6) is -6.65. The summed E-state index contributed by atoms with van der Waals surface area (Å²) < 4.78 is 55.5. The first-order valence-corrected chi connectivity index (χ1v) is 11.4. The van der Waals surface area contributed by atoms with Crippen molar-refractivity contribution < 1.29 is 37.1 Å². The summed E-state index contributed by atoms with van der Waals surface area (Å²) in [5, 5.41) is 12.3. The highest BCUT2D eigenvalue weighted by Crippen LogP contribution is 2.37. The minimum atomic E-state index is -4.95. The number of nitrogens with two attached hydrogens (primary N) is 1. The standard InChI is InChI=1S/C25H23F4N5O4/c1-33-4-6-34(7-5-33)20-3-2-13(14-9-15(23(30)37)21(35)11-18(14)26)8-19(20)32-24(38)16-12-31-22(36)10-17(16)25(27,28)29/h2-3,8-12,16,35H,4-7H2,1H3,(H2,30,37)(H,32,38). The van der Waals surface area contributed by atoms with Crippen molar-refractivity contribution in [1.82, 2.24) is 4.90 Å². The fourth-order valence-electron chi connectivity index (χ4n) is 4.27. The zero-order valence-corrected chi connectivity index (χ0v) is 20.1. The van der Waals surface area contributed by atoms with Crippen molar-refractivity contribution in [3.63, 3.8) is 0 Å². The Labute approximate surface area is 214 Å². The van der Waals surface area contributed by atoms with Crippen LogP contribution in [0.3, 0.4) is 0 Å². The fraction of sp³-hybridized carbons (Fsp3) is 0.280. The SMILES string of the molecule is CN1CCN(c2ccc(-c3cc(C(N)=O)c(O)cc3F)cc2NC(=O)C2C=NC(=O)C=C2C(F)(F)F)CC1. The second-order valence-corrected chi connectivity index (χ2v) is 8.92. The van der Waals surface area contributed by atoms with Crippen LogP contribution in [0.4, 0.5) is 28.9 Å². The lowest BCUT2D eigenvalue weighted by molar-refractivity contribution is -0.124. The number of hydrogen-bond donors (Lipinski definition) is 3. The third kappa shape index (κ3) is 5.52. The molecule has 2 aromatic carbocycles. The molecule has 3 amide bonds. The van der Waals surface area contributed by atoms with Gasteiger partial charge in [-0.3, -0.25) is 14.4 Å². The van der Waals surface area contributed by atoms with E-state index in [2.05, 4.69) is 15.2 Å². The van der Waals surface area contributed by atoms with Crippen LogP contribution in [0.1, 0.15) is 10.4 Å². The molecule has 200 valence electrons. The third-order valence-electron chi connectivity index (χ3n) is 6.33. The molecular formula is C25H23F4N5O4. The van der Waals surface area contributed by atoms with Crippen molar-refractivity contribution in [2.24, 2.45) is 16.6 Å². The molecule has 0 spiro atoms. The molecule has 0 saturated carbocycles. The summed E-state index contributed by atoms with van der Waals surface area (Å²) >= 11 is 0. The number of rotatable bonds is 5. The van der Waals surface area contributed by atoms with Gasteiger partial charge in [0.1, 0.15) is 17.5 Å². The van der Waals surface area contributed by atoms with E-state index in [1.54, 1.807) is 6.07 Å². The Bertz CT molecular complexity index is 1360. The van der Waals surface area contributed by atoms with E-state index < -0.39 is 47.0 Å². The number of phenols is 1. The number of aliphatic imine (C=N–C) groups is 1. The number of dihydropyridines is 1. The summed E-state index contributed by atoms with van der Waals surface area (Å²) in [4.78, 5) is 43.5. The number of hydrogen-bond acceptors (Lipinski definition) is 6. The smallest absolute Gasteiger partial charge is 0.414 e. The largest absolute Gasteiger partial charge is 0.507 e. The predicted octanol–water partition coefficient (Wildman–Crippen LogP) is 2.70. The van der Waals surface area contributed by atoms with Gasteiger partial charge < -0.3 is 26.0 Å². The molecule has 4 rings (SSSR count). The van der Waals surface area contributed by atoms with Gasteiger partial charge in [-0.1, -0.05) is 6.07 Å². The monoisotopic (exact) mass is 533 g/mol. The van der Waals surface area contributed by atoms with Crippen LogP contribution in [0.5, 0.6) is 5.75 Å². The van der Waals surface area contributed by atoms with Crippen molar-refractivity contribution in [3.05, 3.63) is 53.4 Å². The van der Waals surface area contributed by atoms with Gasteiger partial charge in [0.15, 0.2) is 0 Å². The number of halogens is 4. The number of nitrogens with one attached hydrogen (secondary N) is 1. The van der Waals surface area contributed by atoms with Crippen molar-refractivity contribution >= 4 is 35.3 Å². The number of amides is 3. The number of primary amides is 1. The number of anilines is 2. The van der Waals surface area contributed by atoms with Gasteiger partial charge in [0.25, 0.3) is 11.8 Å². The first kappa shape index (κ1) is 26.8. The highest BCUT2D eigenvalue weighted by atomic mass is 19.4. The van der Waals surface area contributed by atoms with E-state index in [0.29, 0.717) is 38.1 Å². The van der Waals surface area contributed by atoms with Crippen molar-refractivity contribution in [2.45, 2.75) is 6.18 Å². The second-order valence-electron chi connectivity index (χ2n) is 8.92. The van der Waals surface area contributed by atoms with Gasteiger partial charge in [-0.2, -0.15) is 13.2 Å². The van der Waals surface area contributed by atoms with E-state index >= 15 is 0 Å². The Hall–Kier alpha value is -4.26. The molecule has 2 aliphatic rings. The molecule has 1 atom stereocenters. The lowest BCUT2D eigenvalue weighted by atomic mass is 9.95. The Morgan fingerprint density at radius 3 is 2.45 bits per heavy atom. The molecular weight excluding hydrogens is 510 g/mol. The Morgan fingerprint density at radius 2 is 1.82 bits per heavy atom. The van der Waals surface area contributed by atoms with Crippen LogP contribution in [-0.4, -0.2) is 73.3 Å². The minimum Gasteiger partial charge on any atom is -0.507 e. The molecule has 38 heavy (non-hydrogen) atoms. The van der Waals surface area contributed by atoms with Gasteiger partial charge in [0.05, 0.1) is 22.5 Å².